The van der Waals surface area contributed by atoms with Gasteiger partial charge in [0.25, 0.3) is 0 Å². The van der Waals surface area contributed by atoms with E-state index in [1.54, 1.807) is 0 Å². The highest BCUT2D eigenvalue weighted by Crippen LogP contribution is 2.50. The van der Waals surface area contributed by atoms with Crippen LogP contribution in [0.1, 0.15) is 42.0 Å². The minimum Gasteiger partial charge on any atom is -0.466 e. The molecule has 27 heavy (non-hydrogen) atoms. The quantitative estimate of drug-likeness (QED) is 0.721. The lowest BCUT2D eigenvalue weighted by Crippen LogP contribution is -2.58. The molecule has 3 aliphatic heterocycles. The number of nitrogens with zero attached hydrogens (tertiary/aromatic N) is 3. The summed E-state index contributed by atoms with van der Waals surface area (Å²) in [6, 6.07) is 14.7. The average Bonchev–Trinajstić information content (AvgIpc) is 3.12. The van der Waals surface area contributed by atoms with Gasteiger partial charge in [0.15, 0.2) is 0 Å². The highest BCUT2D eigenvalue weighted by molar-refractivity contribution is 6.34. The largest absolute Gasteiger partial charge is 0.466 e. The van der Waals surface area contributed by atoms with E-state index >= 15 is 0 Å². The standard InChI is InChI=1S/C22H24ClN3O/c1-15-7-8-21-17(13-15)20-14-19(16-5-3-4-6-18(16)23)24-26(20)22(27-21)9-11-25(2)12-10-22/h3-8,13,20H,9-12,14H2,1-2H3/t20-/m1/s1. The summed E-state index contributed by atoms with van der Waals surface area (Å²) in [5, 5.41) is 8.11. The molecule has 0 aromatic heterocycles. The number of aryl methyl sites for hydroxylation is 1. The van der Waals surface area contributed by atoms with Gasteiger partial charge in [0, 0.05) is 48.5 Å². The molecular formula is C22H24ClN3O. The van der Waals surface area contributed by atoms with E-state index in [0.29, 0.717) is 0 Å². The minimum atomic E-state index is -0.359. The van der Waals surface area contributed by atoms with Gasteiger partial charge in [-0.1, -0.05) is 47.5 Å². The molecule has 2 aromatic rings. The van der Waals surface area contributed by atoms with Gasteiger partial charge in [0.1, 0.15) is 5.75 Å². The first-order valence-corrected chi connectivity index (χ1v) is 10.0. The first kappa shape index (κ1) is 17.1. The van der Waals surface area contributed by atoms with Crippen molar-refractivity contribution < 1.29 is 4.74 Å². The zero-order chi connectivity index (χ0) is 18.6. The first-order chi connectivity index (χ1) is 13.1. The monoisotopic (exact) mass is 381 g/mol. The molecule has 0 unspecified atom stereocenters. The van der Waals surface area contributed by atoms with Gasteiger partial charge in [-0.05, 0) is 26.1 Å². The topological polar surface area (TPSA) is 28.1 Å². The van der Waals surface area contributed by atoms with Gasteiger partial charge in [0.2, 0.25) is 5.72 Å². The Morgan fingerprint density at radius 2 is 1.93 bits per heavy atom. The van der Waals surface area contributed by atoms with Crippen LogP contribution in [0.15, 0.2) is 47.6 Å². The minimum absolute atomic E-state index is 0.211. The Morgan fingerprint density at radius 1 is 1.15 bits per heavy atom. The van der Waals surface area contributed by atoms with Crippen LogP contribution in [0.25, 0.3) is 0 Å². The highest BCUT2D eigenvalue weighted by Gasteiger charge is 2.51. The Labute approximate surface area is 165 Å². The maximum atomic E-state index is 6.65. The second kappa shape index (κ2) is 6.25. The molecule has 2 aromatic carbocycles. The predicted molar refractivity (Wildman–Crippen MR) is 108 cm³/mol. The van der Waals surface area contributed by atoms with Crippen molar-refractivity contribution in [3.8, 4) is 5.75 Å². The molecule has 140 valence electrons. The Balaban J connectivity index is 1.61. The molecule has 0 bridgehead atoms. The zero-order valence-corrected chi connectivity index (χ0v) is 16.5. The molecule has 3 heterocycles. The molecule has 0 N–H and O–H groups in total. The van der Waals surface area contributed by atoms with E-state index in [-0.39, 0.29) is 11.8 Å². The molecule has 3 aliphatic rings. The lowest BCUT2D eigenvalue weighted by atomic mass is 9.90. The molecule has 4 nitrogen and oxygen atoms in total. The van der Waals surface area contributed by atoms with Crippen LogP contribution < -0.4 is 4.74 Å². The second-order valence-corrected chi connectivity index (χ2v) is 8.39. The van der Waals surface area contributed by atoms with Crippen LogP contribution in [0.4, 0.5) is 0 Å². The Bertz CT molecular complexity index is 918. The number of hydrazone groups is 1. The fourth-order valence-electron chi connectivity index (χ4n) is 4.56. The molecular weight excluding hydrogens is 358 g/mol. The summed E-state index contributed by atoms with van der Waals surface area (Å²) in [6.07, 6.45) is 2.76. The maximum absolute atomic E-state index is 6.65. The Kier molecular flexibility index (Phi) is 3.95. The maximum Gasteiger partial charge on any atom is 0.200 e. The number of benzene rings is 2. The molecule has 0 amide bonds. The molecule has 0 saturated carbocycles. The smallest absolute Gasteiger partial charge is 0.200 e. The van der Waals surface area contributed by atoms with E-state index in [1.807, 2.05) is 18.2 Å². The second-order valence-electron chi connectivity index (χ2n) is 7.98. The van der Waals surface area contributed by atoms with Crippen LogP contribution in [0.5, 0.6) is 5.75 Å². The third kappa shape index (κ3) is 2.74. The Hall–Kier alpha value is -2.04. The van der Waals surface area contributed by atoms with E-state index in [1.165, 1.54) is 11.1 Å². The van der Waals surface area contributed by atoms with Crippen LogP contribution >= 0.6 is 11.6 Å². The third-order valence-corrected chi connectivity index (χ3v) is 6.43. The zero-order valence-electron chi connectivity index (χ0n) is 15.8. The molecule has 0 radical (unpaired) electrons. The van der Waals surface area contributed by atoms with Crippen molar-refractivity contribution >= 4 is 17.3 Å². The number of likely N-dealkylation sites (tertiary alicyclic amines) is 1. The lowest BCUT2D eigenvalue weighted by Gasteiger charge is -2.50. The van der Waals surface area contributed by atoms with Crippen LogP contribution in [0, 0.1) is 6.92 Å². The van der Waals surface area contributed by atoms with E-state index in [0.717, 1.165) is 54.4 Å². The van der Waals surface area contributed by atoms with Gasteiger partial charge < -0.3 is 9.64 Å². The molecule has 1 atom stereocenters. The number of hydrogen-bond donors (Lipinski definition) is 0. The van der Waals surface area contributed by atoms with Gasteiger partial charge in [0.05, 0.1) is 11.8 Å². The molecule has 1 spiro atoms. The van der Waals surface area contributed by atoms with E-state index < -0.39 is 0 Å². The average molecular weight is 382 g/mol. The van der Waals surface area contributed by atoms with Gasteiger partial charge >= 0.3 is 0 Å². The SMILES string of the molecule is Cc1ccc2c(c1)[C@H]1CC(c3ccccc3Cl)=NN1C1(CCN(C)CC1)O2. The van der Waals surface area contributed by atoms with Crippen molar-refractivity contribution in [2.24, 2.45) is 5.10 Å². The van der Waals surface area contributed by atoms with Crippen molar-refractivity contribution in [1.29, 1.82) is 0 Å². The summed E-state index contributed by atoms with van der Waals surface area (Å²) in [5.41, 5.74) is 4.23. The number of piperidine rings is 1. The molecule has 5 rings (SSSR count). The molecule has 1 saturated heterocycles. The fraction of sp³-hybridized carbons (Fsp3) is 0.409. The van der Waals surface area contributed by atoms with E-state index in [9.17, 15) is 0 Å². The highest BCUT2D eigenvalue weighted by atomic mass is 35.5. The van der Waals surface area contributed by atoms with Gasteiger partial charge in [-0.3, -0.25) is 0 Å². The van der Waals surface area contributed by atoms with Crippen LogP contribution in [0.2, 0.25) is 5.02 Å². The summed E-state index contributed by atoms with van der Waals surface area (Å²) in [4.78, 5) is 2.36. The van der Waals surface area contributed by atoms with Crippen LogP contribution in [-0.4, -0.2) is 41.5 Å². The molecule has 5 heteroatoms. The number of rotatable bonds is 1. The van der Waals surface area contributed by atoms with Gasteiger partial charge in [-0.2, -0.15) is 5.10 Å². The Morgan fingerprint density at radius 3 is 2.70 bits per heavy atom. The van der Waals surface area contributed by atoms with E-state index in [4.69, 9.17) is 21.4 Å². The van der Waals surface area contributed by atoms with Crippen molar-refractivity contribution in [1.82, 2.24) is 9.91 Å². The van der Waals surface area contributed by atoms with Crippen molar-refractivity contribution in [3.05, 3.63) is 64.2 Å². The molecule has 0 aliphatic carbocycles. The number of halogens is 1. The number of fused-ring (bicyclic) bond motifs is 4. The number of hydrogen-bond acceptors (Lipinski definition) is 4. The number of ether oxygens (including phenoxy) is 1. The van der Waals surface area contributed by atoms with Crippen LogP contribution in [0.3, 0.4) is 0 Å². The normalized spacial score (nSPS) is 23.6. The summed E-state index contributed by atoms with van der Waals surface area (Å²) < 4.78 is 6.65. The summed E-state index contributed by atoms with van der Waals surface area (Å²) >= 11 is 6.49. The predicted octanol–water partition coefficient (Wildman–Crippen LogP) is 4.61. The van der Waals surface area contributed by atoms with Crippen molar-refractivity contribution in [2.75, 3.05) is 20.1 Å². The van der Waals surface area contributed by atoms with Gasteiger partial charge in [-0.15, -0.1) is 0 Å². The lowest BCUT2D eigenvalue weighted by molar-refractivity contribution is -0.147. The summed E-state index contributed by atoms with van der Waals surface area (Å²) in [6.45, 7) is 4.16. The summed E-state index contributed by atoms with van der Waals surface area (Å²) in [7, 11) is 2.17. The van der Waals surface area contributed by atoms with Crippen molar-refractivity contribution in [2.45, 2.75) is 38.0 Å². The third-order valence-electron chi connectivity index (χ3n) is 6.11. The fourth-order valence-corrected chi connectivity index (χ4v) is 4.80. The van der Waals surface area contributed by atoms with Gasteiger partial charge in [-0.25, -0.2) is 5.01 Å². The first-order valence-electron chi connectivity index (χ1n) is 9.66. The van der Waals surface area contributed by atoms with Crippen LogP contribution in [-0.2, 0) is 0 Å². The van der Waals surface area contributed by atoms with Crippen molar-refractivity contribution in [3.63, 3.8) is 0 Å². The molecule has 1 fully saturated rings. The van der Waals surface area contributed by atoms with E-state index in [2.05, 4.69) is 48.1 Å². The summed E-state index contributed by atoms with van der Waals surface area (Å²) in [5.74, 6) is 1.02.